The third-order valence-electron chi connectivity index (χ3n) is 3.42. The summed E-state index contributed by atoms with van der Waals surface area (Å²) in [6.07, 6.45) is 0.816. The standard InChI is InChI=1S/C11H20N4O2S/c1-7-6-12-5-4-10(7)15-18(16,17)11-8(2)13-14-9(11)3/h7,10,12,15H,4-6H2,1-3H3,(H,13,14)/t7-,10+/m0/s1. The van der Waals surface area contributed by atoms with E-state index in [2.05, 4.69) is 27.2 Å². The summed E-state index contributed by atoms with van der Waals surface area (Å²) in [5, 5.41) is 9.90. The van der Waals surface area contributed by atoms with Crippen LogP contribution in [0.15, 0.2) is 4.90 Å². The molecule has 1 aromatic rings. The minimum absolute atomic E-state index is 0.00931. The van der Waals surface area contributed by atoms with Crippen LogP contribution >= 0.6 is 0 Å². The Kier molecular flexibility index (Phi) is 3.74. The molecule has 0 spiro atoms. The second-order valence-corrected chi connectivity index (χ2v) is 6.61. The number of rotatable bonds is 3. The fraction of sp³-hybridized carbons (Fsp3) is 0.727. The molecule has 1 saturated heterocycles. The number of sulfonamides is 1. The number of hydrogen-bond donors (Lipinski definition) is 3. The maximum atomic E-state index is 12.4. The van der Waals surface area contributed by atoms with Crippen molar-refractivity contribution in [2.45, 2.75) is 38.1 Å². The Balaban J connectivity index is 2.22. The van der Waals surface area contributed by atoms with Gasteiger partial charge in [0.2, 0.25) is 10.0 Å². The molecule has 2 atom stereocenters. The van der Waals surface area contributed by atoms with Gasteiger partial charge in [-0.1, -0.05) is 6.92 Å². The minimum Gasteiger partial charge on any atom is -0.316 e. The molecule has 0 saturated carbocycles. The van der Waals surface area contributed by atoms with Gasteiger partial charge in [-0.25, -0.2) is 13.1 Å². The van der Waals surface area contributed by atoms with Gasteiger partial charge >= 0.3 is 0 Å². The molecule has 0 radical (unpaired) electrons. The highest BCUT2D eigenvalue weighted by Crippen LogP contribution is 2.19. The molecule has 1 aromatic heterocycles. The zero-order chi connectivity index (χ0) is 13.3. The quantitative estimate of drug-likeness (QED) is 0.739. The average Bonchev–Trinajstić information content (AvgIpc) is 2.62. The van der Waals surface area contributed by atoms with E-state index in [9.17, 15) is 8.42 Å². The molecule has 0 aromatic carbocycles. The van der Waals surface area contributed by atoms with Crippen LogP contribution in [0.4, 0.5) is 0 Å². The summed E-state index contributed by atoms with van der Waals surface area (Å²) in [6, 6.07) is -0.00931. The lowest BCUT2D eigenvalue weighted by Crippen LogP contribution is -2.48. The molecule has 6 nitrogen and oxygen atoms in total. The van der Waals surface area contributed by atoms with Crippen molar-refractivity contribution in [2.75, 3.05) is 13.1 Å². The molecule has 0 bridgehead atoms. The Morgan fingerprint density at radius 2 is 2.11 bits per heavy atom. The Bertz CT molecular complexity index is 504. The van der Waals surface area contributed by atoms with Gasteiger partial charge in [0.05, 0.1) is 11.4 Å². The highest BCUT2D eigenvalue weighted by atomic mass is 32.2. The molecule has 1 fully saturated rings. The van der Waals surface area contributed by atoms with Crippen LogP contribution < -0.4 is 10.0 Å². The summed E-state index contributed by atoms with van der Waals surface area (Å²) in [4.78, 5) is 0.285. The first-order valence-corrected chi connectivity index (χ1v) is 7.64. The van der Waals surface area contributed by atoms with Crippen LogP contribution in [0.1, 0.15) is 24.7 Å². The van der Waals surface area contributed by atoms with Gasteiger partial charge in [-0.2, -0.15) is 5.10 Å². The zero-order valence-electron chi connectivity index (χ0n) is 10.9. The molecule has 2 rings (SSSR count). The third kappa shape index (κ3) is 2.57. The van der Waals surface area contributed by atoms with E-state index in [4.69, 9.17) is 0 Å². The van der Waals surface area contributed by atoms with Crippen LogP contribution in [0.5, 0.6) is 0 Å². The Hall–Kier alpha value is -0.920. The minimum atomic E-state index is -3.48. The van der Waals surface area contributed by atoms with Gasteiger partial charge in [-0.3, -0.25) is 5.10 Å². The summed E-state index contributed by atoms with van der Waals surface area (Å²) in [5.41, 5.74) is 1.10. The lowest BCUT2D eigenvalue weighted by molar-refractivity contribution is 0.328. The number of aromatic amines is 1. The van der Waals surface area contributed by atoms with Crippen LogP contribution in [0.3, 0.4) is 0 Å². The summed E-state index contributed by atoms with van der Waals surface area (Å²) in [5.74, 6) is 0.293. The van der Waals surface area contributed by atoms with Gasteiger partial charge in [-0.05, 0) is 39.3 Å². The van der Waals surface area contributed by atoms with Crippen molar-refractivity contribution in [1.29, 1.82) is 0 Å². The van der Waals surface area contributed by atoms with Gasteiger partial charge in [0, 0.05) is 6.04 Å². The fourth-order valence-electron chi connectivity index (χ4n) is 2.38. The van der Waals surface area contributed by atoms with Gasteiger partial charge in [0.25, 0.3) is 0 Å². The predicted molar refractivity (Wildman–Crippen MR) is 68.8 cm³/mol. The van der Waals surface area contributed by atoms with Gasteiger partial charge in [0.1, 0.15) is 4.90 Å². The zero-order valence-corrected chi connectivity index (χ0v) is 11.8. The monoisotopic (exact) mass is 272 g/mol. The van der Waals surface area contributed by atoms with Gasteiger partial charge in [0.15, 0.2) is 0 Å². The maximum absolute atomic E-state index is 12.4. The first kappa shape index (κ1) is 13.5. The molecule has 1 aliphatic heterocycles. The molecule has 2 heterocycles. The van der Waals surface area contributed by atoms with E-state index in [0.29, 0.717) is 17.3 Å². The van der Waals surface area contributed by atoms with E-state index in [1.54, 1.807) is 13.8 Å². The fourth-order valence-corrected chi connectivity index (χ4v) is 4.13. The summed E-state index contributed by atoms with van der Waals surface area (Å²) in [7, 11) is -3.48. The van der Waals surface area contributed by atoms with Crippen molar-refractivity contribution in [2.24, 2.45) is 5.92 Å². The Morgan fingerprint density at radius 3 is 2.67 bits per heavy atom. The van der Waals surface area contributed by atoms with E-state index in [0.717, 1.165) is 19.5 Å². The van der Waals surface area contributed by atoms with Gasteiger partial charge < -0.3 is 5.32 Å². The van der Waals surface area contributed by atoms with E-state index in [1.807, 2.05) is 0 Å². The SMILES string of the molecule is Cc1n[nH]c(C)c1S(=O)(=O)N[C@@H]1CCNC[C@@H]1C. The molecule has 3 N–H and O–H groups in total. The van der Waals surface area contributed by atoms with E-state index < -0.39 is 10.0 Å². The second kappa shape index (κ2) is 4.99. The highest BCUT2D eigenvalue weighted by molar-refractivity contribution is 7.89. The molecule has 1 aliphatic rings. The summed E-state index contributed by atoms with van der Waals surface area (Å²) >= 11 is 0. The van der Waals surface area contributed by atoms with E-state index >= 15 is 0 Å². The first-order valence-electron chi connectivity index (χ1n) is 6.16. The normalized spacial score (nSPS) is 25.3. The van der Waals surface area contributed by atoms with Crippen molar-refractivity contribution in [3.05, 3.63) is 11.4 Å². The van der Waals surface area contributed by atoms with Crippen LogP contribution in [0.2, 0.25) is 0 Å². The van der Waals surface area contributed by atoms with Crippen LogP contribution in [0, 0.1) is 19.8 Å². The molecule has 0 unspecified atom stereocenters. The molecule has 7 heteroatoms. The van der Waals surface area contributed by atoms with Crippen LogP contribution in [-0.2, 0) is 10.0 Å². The second-order valence-electron chi connectivity index (χ2n) is 4.96. The lowest BCUT2D eigenvalue weighted by atomic mass is 9.97. The van der Waals surface area contributed by atoms with Crippen molar-refractivity contribution in [1.82, 2.24) is 20.2 Å². The number of nitrogens with one attached hydrogen (secondary N) is 3. The number of piperidine rings is 1. The molecule has 0 aliphatic carbocycles. The molecular formula is C11H20N4O2S. The van der Waals surface area contributed by atoms with Crippen molar-refractivity contribution in [3.63, 3.8) is 0 Å². The molecule has 102 valence electrons. The number of aromatic nitrogens is 2. The maximum Gasteiger partial charge on any atom is 0.244 e. The van der Waals surface area contributed by atoms with E-state index in [1.165, 1.54) is 0 Å². The van der Waals surface area contributed by atoms with Crippen molar-refractivity contribution in [3.8, 4) is 0 Å². The largest absolute Gasteiger partial charge is 0.316 e. The number of hydrogen-bond acceptors (Lipinski definition) is 4. The number of aryl methyl sites for hydroxylation is 2. The lowest BCUT2D eigenvalue weighted by Gasteiger charge is -2.29. The topological polar surface area (TPSA) is 86.9 Å². The summed E-state index contributed by atoms with van der Waals surface area (Å²) in [6.45, 7) is 7.16. The Morgan fingerprint density at radius 1 is 1.39 bits per heavy atom. The van der Waals surface area contributed by atoms with Crippen LogP contribution in [0.25, 0.3) is 0 Å². The van der Waals surface area contributed by atoms with E-state index in [-0.39, 0.29) is 10.9 Å². The molecule has 0 amide bonds. The van der Waals surface area contributed by atoms with Crippen molar-refractivity contribution < 1.29 is 8.42 Å². The Labute approximate surface area is 108 Å². The number of H-pyrrole nitrogens is 1. The van der Waals surface area contributed by atoms with Crippen LogP contribution in [-0.4, -0.2) is 37.7 Å². The molecule has 18 heavy (non-hydrogen) atoms. The smallest absolute Gasteiger partial charge is 0.244 e. The predicted octanol–water partition coefficient (Wildman–Crippen LogP) is 0.303. The average molecular weight is 272 g/mol. The third-order valence-corrected chi connectivity index (χ3v) is 5.17. The number of nitrogens with zero attached hydrogens (tertiary/aromatic N) is 1. The summed E-state index contributed by atoms with van der Waals surface area (Å²) < 4.78 is 27.5. The molecular weight excluding hydrogens is 252 g/mol. The highest BCUT2D eigenvalue weighted by Gasteiger charge is 2.29. The first-order chi connectivity index (χ1) is 8.42. The van der Waals surface area contributed by atoms with Crippen molar-refractivity contribution >= 4 is 10.0 Å². The van der Waals surface area contributed by atoms with Gasteiger partial charge in [-0.15, -0.1) is 0 Å².